The Balaban J connectivity index is 2.57. The Bertz CT molecular complexity index is 598. The highest BCUT2D eigenvalue weighted by Gasteiger charge is 2.06. The van der Waals surface area contributed by atoms with E-state index < -0.39 is 16.0 Å². The van der Waals surface area contributed by atoms with Crippen molar-refractivity contribution in [2.45, 2.75) is 19.3 Å². The van der Waals surface area contributed by atoms with Gasteiger partial charge in [0.2, 0.25) is 15.9 Å². The van der Waals surface area contributed by atoms with E-state index in [1.54, 1.807) is 18.2 Å². The van der Waals surface area contributed by atoms with Crippen LogP contribution in [0.15, 0.2) is 24.3 Å². The van der Waals surface area contributed by atoms with Crippen molar-refractivity contribution in [3.63, 3.8) is 0 Å². The number of anilines is 2. The molecule has 0 bridgehead atoms. The van der Waals surface area contributed by atoms with Crippen LogP contribution in [0.5, 0.6) is 0 Å². The lowest BCUT2D eigenvalue weighted by Crippen LogP contribution is -2.13. The lowest BCUT2D eigenvalue weighted by atomic mass is 10.2. The van der Waals surface area contributed by atoms with Gasteiger partial charge in [0.15, 0.2) is 0 Å². The summed E-state index contributed by atoms with van der Waals surface area (Å²) >= 11 is 0. The molecule has 1 aromatic rings. The van der Waals surface area contributed by atoms with Gasteiger partial charge in [-0.05, 0) is 24.6 Å². The number of hydrogen-bond donors (Lipinski definition) is 3. The van der Waals surface area contributed by atoms with Crippen molar-refractivity contribution in [2.75, 3.05) is 16.3 Å². The Morgan fingerprint density at radius 3 is 2.45 bits per heavy atom. The summed E-state index contributed by atoms with van der Waals surface area (Å²) in [5.74, 6) is -1.26. The minimum atomic E-state index is -3.37. The van der Waals surface area contributed by atoms with Gasteiger partial charge in [-0.3, -0.25) is 14.3 Å². The highest BCUT2D eigenvalue weighted by Crippen LogP contribution is 2.16. The van der Waals surface area contributed by atoms with Crippen LogP contribution in [0, 0.1) is 0 Å². The highest BCUT2D eigenvalue weighted by molar-refractivity contribution is 7.92. The predicted molar refractivity (Wildman–Crippen MR) is 75.0 cm³/mol. The van der Waals surface area contributed by atoms with Gasteiger partial charge in [-0.15, -0.1) is 0 Å². The average Bonchev–Trinajstić information content (AvgIpc) is 2.26. The van der Waals surface area contributed by atoms with Gasteiger partial charge in [-0.2, -0.15) is 0 Å². The van der Waals surface area contributed by atoms with Crippen molar-refractivity contribution in [1.29, 1.82) is 0 Å². The van der Waals surface area contributed by atoms with Gasteiger partial charge in [0.1, 0.15) is 0 Å². The van der Waals surface area contributed by atoms with Crippen molar-refractivity contribution >= 4 is 33.3 Å². The molecule has 3 N–H and O–H groups in total. The third kappa shape index (κ3) is 6.74. The molecule has 0 aliphatic heterocycles. The van der Waals surface area contributed by atoms with Gasteiger partial charge in [-0.1, -0.05) is 6.07 Å². The fourth-order valence-corrected chi connectivity index (χ4v) is 2.05. The Hall–Kier alpha value is -2.09. The third-order valence-corrected chi connectivity index (χ3v) is 2.85. The summed E-state index contributed by atoms with van der Waals surface area (Å²) in [6.07, 6.45) is 1.31. The predicted octanol–water partition coefficient (Wildman–Crippen LogP) is 1.25. The van der Waals surface area contributed by atoms with Gasteiger partial charge in [0.25, 0.3) is 0 Å². The Kier molecular flexibility index (Phi) is 5.51. The van der Waals surface area contributed by atoms with E-state index in [0.717, 1.165) is 6.26 Å². The first kappa shape index (κ1) is 16.0. The summed E-state index contributed by atoms with van der Waals surface area (Å²) in [4.78, 5) is 21.9. The molecule has 8 heteroatoms. The maximum atomic E-state index is 11.5. The summed E-state index contributed by atoms with van der Waals surface area (Å²) in [6, 6.07) is 6.25. The van der Waals surface area contributed by atoms with E-state index >= 15 is 0 Å². The Morgan fingerprint density at radius 2 is 1.85 bits per heavy atom. The summed E-state index contributed by atoms with van der Waals surface area (Å²) in [5.41, 5.74) is 0.787. The molecule has 0 heterocycles. The van der Waals surface area contributed by atoms with Gasteiger partial charge in [0.05, 0.1) is 11.9 Å². The molecule has 0 saturated heterocycles. The lowest BCUT2D eigenvalue weighted by Gasteiger charge is -2.08. The molecule has 1 rings (SSSR count). The van der Waals surface area contributed by atoms with Crippen LogP contribution in [-0.4, -0.2) is 31.7 Å². The third-order valence-electron chi connectivity index (χ3n) is 2.24. The topological polar surface area (TPSA) is 113 Å². The Morgan fingerprint density at radius 1 is 1.20 bits per heavy atom. The van der Waals surface area contributed by atoms with Crippen molar-refractivity contribution in [1.82, 2.24) is 0 Å². The van der Waals surface area contributed by atoms with E-state index in [1.807, 2.05) is 0 Å². The van der Waals surface area contributed by atoms with Gasteiger partial charge >= 0.3 is 5.97 Å². The van der Waals surface area contributed by atoms with Crippen molar-refractivity contribution in [3.05, 3.63) is 24.3 Å². The molecule has 0 aliphatic carbocycles. The molecule has 20 heavy (non-hydrogen) atoms. The van der Waals surface area contributed by atoms with E-state index in [-0.39, 0.29) is 25.2 Å². The van der Waals surface area contributed by atoms with Crippen LogP contribution in [0.4, 0.5) is 11.4 Å². The second-order valence-corrected chi connectivity index (χ2v) is 6.00. The van der Waals surface area contributed by atoms with E-state index in [4.69, 9.17) is 5.11 Å². The molecule has 1 aromatic carbocycles. The second-order valence-electron chi connectivity index (χ2n) is 4.25. The second kappa shape index (κ2) is 6.90. The molecule has 0 aliphatic rings. The zero-order valence-corrected chi connectivity index (χ0v) is 11.7. The molecular formula is C12H16N2O5S. The fraction of sp³-hybridized carbons (Fsp3) is 0.333. The van der Waals surface area contributed by atoms with E-state index in [0.29, 0.717) is 11.4 Å². The number of benzene rings is 1. The zero-order chi connectivity index (χ0) is 15.2. The monoisotopic (exact) mass is 300 g/mol. The SMILES string of the molecule is CS(=O)(=O)Nc1cccc(NC(=O)CCCC(=O)O)c1. The molecule has 0 radical (unpaired) electrons. The number of nitrogens with one attached hydrogen (secondary N) is 2. The standard InChI is InChI=1S/C12H16N2O5S/c1-20(18,19)14-10-5-2-4-9(8-10)13-11(15)6-3-7-12(16)17/h2,4-5,8,14H,3,6-7H2,1H3,(H,13,15)(H,16,17). The van der Waals surface area contributed by atoms with E-state index in [2.05, 4.69) is 10.0 Å². The van der Waals surface area contributed by atoms with Crippen LogP contribution in [0.25, 0.3) is 0 Å². The quantitative estimate of drug-likeness (QED) is 0.701. The first-order chi connectivity index (χ1) is 9.26. The molecule has 0 saturated carbocycles. The number of carbonyl (C=O) groups is 2. The molecule has 0 unspecified atom stereocenters. The fourth-order valence-electron chi connectivity index (χ4n) is 1.50. The van der Waals surface area contributed by atoms with Gasteiger partial charge in [-0.25, -0.2) is 8.42 Å². The molecule has 7 nitrogen and oxygen atoms in total. The minimum absolute atomic E-state index is 0.0664. The zero-order valence-electron chi connectivity index (χ0n) is 10.9. The van der Waals surface area contributed by atoms with Crippen LogP contribution < -0.4 is 10.0 Å². The van der Waals surface area contributed by atoms with Crippen LogP contribution >= 0.6 is 0 Å². The van der Waals surface area contributed by atoms with Gasteiger partial charge < -0.3 is 10.4 Å². The maximum absolute atomic E-state index is 11.5. The maximum Gasteiger partial charge on any atom is 0.303 e. The summed E-state index contributed by atoms with van der Waals surface area (Å²) in [6.45, 7) is 0. The number of carboxylic acid groups (broad SMARTS) is 1. The molecule has 0 spiro atoms. The number of aliphatic carboxylic acids is 1. The van der Waals surface area contributed by atoms with Crippen LogP contribution in [-0.2, 0) is 19.6 Å². The summed E-state index contributed by atoms with van der Waals surface area (Å²) in [5, 5.41) is 11.0. The largest absolute Gasteiger partial charge is 0.481 e. The van der Waals surface area contributed by atoms with Crippen LogP contribution in [0.3, 0.4) is 0 Å². The number of hydrogen-bond acceptors (Lipinski definition) is 4. The van der Waals surface area contributed by atoms with Crippen LogP contribution in [0.2, 0.25) is 0 Å². The van der Waals surface area contributed by atoms with Crippen molar-refractivity contribution < 1.29 is 23.1 Å². The molecule has 0 fully saturated rings. The Labute approximate surface area is 117 Å². The highest BCUT2D eigenvalue weighted by atomic mass is 32.2. The molecule has 0 aromatic heterocycles. The minimum Gasteiger partial charge on any atom is -0.481 e. The smallest absolute Gasteiger partial charge is 0.303 e. The summed E-state index contributed by atoms with van der Waals surface area (Å²) in [7, 11) is -3.37. The number of rotatable bonds is 7. The van der Waals surface area contributed by atoms with Crippen LogP contribution in [0.1, 0.15) is 19.3 Å². The number of sulfonamides is 1. The number of carbonyl (C=O) groups excluding carboxylic acids is 1. The molecule has 0 atom stereocenters. The van der Waals surface area contributed by atoms with Crippen molar-refractivity contribution in [2.24, 2.45) is 0 Å². The van der Waals surface area contributed by atoms with Crippen molar-refractivity contribution in [3.8, 4) is 0 Å². The first-order valence-electron chi connectivity index (χ1n) is 5.86. The molecule has 1 amide bonds. The first-order valence-corrected chi connectivity index (χ1v) is 7.75. The number of amides is 1. The number of carboxylic acids is 1. The lowest BCUT2D eigenvalue weighted by molar-refractivity contribution is -0.137. The van der Waals surface area contributed by atoms with Gasteiger partial charge in [0, 0.05) is 18.5 Å². The summed E-state index contributed by atoms with van der Waals surface area (Å²) < 4.78 is 24.5. The molecular weight excluding hydrogens is 284 g/mol. The normalized spacial score (nSPS) is 10.8. The van der Waals surface area contributed by atoms with E-state index in [9.17, 15) is 18.0 Å². The molecule has 110 valence electrons. The van der Waals surface area contributed by atoms with E-state index in [1.165, 1.54) is 6.07 Å². The average molecular weight is 300 g/mol.